The minimum atomic E-state index is -0.369. The van der Waals surface area contributed by atoms with Crippen molar-refractivity contribution in [2.24, 2.45) is 0 Å². The molecule has 0 fully saturated rings. The van der Waals surface area contributed by atoms with Gasteiger partial charge in [0.2, 0.25) is 0 Å². The molecule has 4 nitrogen and oxygen atoms in total. The van der Waals surface area contributed by atoms with Crippen molar-refractivity contribution in [1.82, 2.24) is 0 Å². The van der Waals surface area contributed by atoms with E-state index >= 15 is 0 Å². The van der Waals surface area contributed by atoms with Gasteiger partial charge in [0.25, 0.3) is 0 Å². The predicted octanol–water partition coefficient (Wildman–Crippen LogP) is 19.7. The van der Waals surface area contributed by atoms with Crippen LogP contribution in [0.2, 0.25) is 0 Å². The Morgan fingerprint density at radius 3 is 1.55 bits per heavy atom. The average molecular weight is 954 g/mol. The van der Waals surface area contributed by atoms with Crippen LogP contribution in [0.1, 0.15) is 80.5 Å². The summed E-state index contributed by atoms with van der Waals surface area (Å²) in [6.45, 7) is 16.7. The van der Waals surface area contributed by atoms with Crippen LogP contribution in [0.15, 0.2) is 195 Å². The molecule has 3 aliphatic carbocycles. The summed E-state index contributed by atoms with van der Waals surface area (Å²) in [6.07, 6.45) is 0. The fraction of sp³-hybridized carbons (Fsp3) is 0.143. The van der Waals surface area contributed by atoms with Gasteiger partial charge in [-0.15, -0.1) is 0 Å². The van der Waals surface area contributed by atoms with Crippen LogP contribution in [0.3, 0.4) is 0 Å². The second-order valence-corrected chi connectivity index (χ2v) is 22.8. The van der Waals surface area contributed by atoms with E-state index in [1.807, 2.05) is 0 Å². The molecular formula is C70H51NO3. The zero-order valence-electron chi connectivity index (χ0n) is 42.5. The summed E-state index contributed by atoms with van der Waals surface area (Å²) in [5.74, 6) is 0. The number of aryl methyl sites for hydroxylation is 1. The molecule has 0 bridgehead atoms. The number of hydrogen-bond donors (Lipinski definition) is 0. The molecule has 10 aromatic carbocycles. The highest BCUT2D eigenvalue weighted by atomic mass is 16.3. The first kappa shape index (κ1) is 42.0. The van der Waals surface area contributed by atoms with Gasteiger partial charge in [-0.05, 0) is 134 Å². The Kier molecular flexibility index (Phi) is 8.01. The lowest BCUT2D eigenvalue weighted by Crippen LogP contribution is -2.24. The molecule has 354 valence electrons. The number of benzene rings is 10. The van der Waals surface area contributed by atoms with Crippen molar-refractivity contribution in [3.05, 3.63) is 221 Å². The van der Waals surface area contributed by atoms with Crippen molar-refractivity contribution < 1.29 is 13.3 Å². The van der Waals surface area contributed by atoms with E-state index in [1.165, 1.54) is 83.1 Å². The Bertz CT molecular complexity index is 4640. The summed E-state index contributed by atoms with van der Waals surface area (Å²) in [6, 6.07) is 66.8. The molecule has 0 spiro atoms. The molecule has 13 aromatic rings. The number of fused-ring (bicyclic) bond motifs is 22. The predicted molar refractivity (Wildman–Crippen MR) is 306 cm³/mol. The van der Waals surface area contributed by atoms with Crippen LogP contribution in [0.4, 0.5) is 17.1 Å². The third-order valence-electron chi connectivity index (χ3n) is 17.7. The molecule has 3 aromatic heterocycles. The molecule has 3 heterocycles. The van der Waals surface area contributed by atoms with Gasteiger partial charge in [0.1, 0.15) is 33.5 Å². The Morgan fingerprint density at radius 2 is 0.865 bits per heavy atom. The van der Waals surface area contributed by atoms with Gasteiger partial charge in [-0.3, -0.25) is 0 Å². The summed E-state index contributed by atoms with van der Waals surface area (Å²) in [5.41, 5.74) is 26.9. The maximum absolute atomic E-state index is 7.03. The van der Waals surface area contributed by atoms with E-state index in [0.717, 1.165) is 83.2 Å². The van der Waals surface area contributed by atoms with Crippen molar-refractivity contribution in [2.45, 2.75) is 64.7 Å². The van der Waals surface area contributed by atoms with E-state index < -0.39 is 0 Å². The third-order valence-corrected chi connectivity index (χ3v) is 17.7. The van der Waals surface area contributed by atoms with E-state index in [9.17, 15) is 0 Å². The maximum atomic E-state index is 7.03. The first-order valence-electron chi connectivity index (χ1n) is 26.1. The van der Waals surface area contributed by atoms with Gasteiger partial charge < -0.3 is 18.2 Å². The summed E-state index contributed by atoms with van der Waals surface area (Å²) >= 11 is 0. The second kappa shape index (κ2) is 14.1. The topological polar surface area (TPSA) is 42.7 Å². The van der Waals surface area contributed by atoms with E-state index in [1.54, 1.807) is 0 Å². The Hall–Kier alpha value is -8.60. The molecule has 0 amide bonds. The van der Waals surface area contributed by atoms with Gasteiger partial charge >= 0.3 is 0 Å². The number of furan rings is 3. The number of para-hydroxylation sites is 3. The average Bonchev–Trinajstić information content (AvgIpc) is 4.38. The summed E-state index contributed by atoms with van der Waals surface area (Å²) in [5, 5.41) is 6.87. The molecule has 3 aliphatic rings. The smallest absolute Gasteiger partial charge is 0.144 e. The van der Waals surface area contributed by atoms with Gasteiger partial charge in [-0.2, -0.15) is 0 Å². The highest BCUT2D eigenvalue weighted by Gasteiger charge is 2.49. The first-order valence-corrected chi connectivity index (χ1v) is 26.1. The molecule has 74 heavy (non-hydrogen) atoms. The highest BCUT2D eigenvalue weighted by Crippen LogP contribution is 2.64. The molecule has 0 saturated heterocycles. The van der Waals surface area contributed by atoms with Crippen LogP contribution < -0.4 is 4.90 Å². The number of anilines is 3. The number of nitrogens with zero attached hydrogens (tertiary/aromatic N) is 1. The van der Waals surface area contributed by atoms with Crippen LogP contribution in [-0.2, 0) is 16.2 Å². The monoisotopic (exact) mass is 953 g/mol. The van der Waals surface area contributed by atoms with E-state index in [4.69, 9.17) is 13.3 Å². The maximum Gasteiger partial charge on any atom is 0.144 e. The van der Waals surface area contributed by atoms with Crippen LogP contribution in [-0.4, -0.2) is 0 Å². The lowest BCUT2D eigenvalue weighted by Gasteiger charge is -2.32. The molecule has 0 saturated carbocycles. The number of hydrogen-bond acceptors (Lipinski definition) is 4. The quantitative estimate of drug-likeness (QED) is 0.176. The van der Waals surface area contributed by atoms with E-state index in [-0.39, 0.29) is 16.2 Å². The van der Waals surface area contributed by atoms with Gasteiger partial charge in [0, 0.05) is 65.7 Å². The molecule has 16 rings (SSSR count). The van der Waals surface area contributed by atoms with Gasteiger partial charge in [-0.25, -0.2) is 0 Å². The lowest BCUT2D eigenvalue weighted by molar-refractivity contribution is 0.600. The highest BCUT2D eigenvalue weighted by molar-refractivity contribution is 6.22. The van der Waals surface area contributed by atoms with Crippen molar-refractivity contribution in [2.75, 3.05) is 4.90 Å². The Labute approximate surface area is 429 Å². The summed E-state index contributed by atoms with van der Waals surface area (Å²) in [4.78, 5) is 2.50. The van der Waals surface area contributed by atoms with E-state index in [0.29, 0.717) is 0 Å². The van der Waals surface area contributed by atoms with Gasteiger partial charge in [0.05, 0.1) is 11.1 Å². The first-order chi connectivity index (χ1) is 35.9. The van der Waals surface area contributed by atoms with Crippen LogP contribution in [0, 0.1) is 6.92 Å². The standard InChI is InChI=1S/C70H51NO3/c1-38-27-29-39(30-28-38)48-37-52-58(61-46-19-10-14-24-55(46)73-66(48)61)43-33-31-40(35-50(43)68(52,2)3)71(53-22-16-26-57-59(53)45-18-9-13-23-54(45)72-57)41-32-34-44-51(36-41)70(6,7)64-60(44)62-47-20-11-15-25-56(47)74-67(62)63-42-17-8-12-21-49(42)69(4,5)65(63)64/h8-37H,1-7H3. The molecular weight excluding hydrogens is 903 g/mol. The minimum Gasteiger partial charge on any atom is -0.456 e. The third kappa shape index (κ3) is 5.22. The molecule has 0 unspecified atom stereocenters. The van der Waals surface area contributed by atoms with Crippen LogP contribution in [0.25, 0.3) is 110 Å². The molecule has 0 aliphatic heterocycles. The van der Waals surface area contributed by atoms with Gasteiger partial charge in [-0.1, -0.05) is 168 Å². The molecule has 4 heteroatoms. The summed E-state index contributed by atoms with van der Waals surface area (Å²) < 4.78 is 20.5. The van der Waals surface area contributed by atoms with Crippen molar-refractivity contribution >= 4 is 82.9 Å². The van der Waals surface area contributed by atoms with Crippen molar-refractivity contribution in [1.29, 1.82) is 0 Å². The zero-order chi connectivity index (χ0) is 49.7. The Morgan fingerprint density at radius 1 is 0.351 bits per heavy atom. The fourth-order valence-electron chi connectivity index (χ4n) is 14.2. The van der Waals surface area contributed by atoms with Gasteiger partial charge in [0.15, 0.2) is 0 Å². The Balaban J connectivity index is 0.951. The SMILES string of the molecule is Cc1ccc(-c2cc3c(c4c2oc2ccccc24)-c2ccc(N(c4ccc5c(c4)C(C)(C)c4c6c(c7oc8ccccc8c7c4-5)-c4ccccc4C6(C)C)c4cccc5oc6ccccc6c45)cc2C3(C)C)cc1. The summed E-state index contributed by atoms with van der Waals surface area (Å²) in [7, 11) is 0. The van der Waals surface area contributed by atoms with Crippen molar-refractivity contribution in [3.63, 3.8) is 0 Å². The molecule has 0 radical (unpaired) electrons. The largest absolute Gasteiger partial charge is 0.456 e. The number of rotatable bonds is 4. The van der Waals surface area contributed by atoms with Crippen LogP contribution >= 0.6 is 0 Å². The minimum absolute atomic E-state index is 0.251. The lowest BCUT2D eigenvalue weighted by atomic mass is 9.72. The second-order valence-electron chi connectivity index (χ2n) is 22.8. The van der Waals surface area contributed by atoms with E-state index in [2.05, 4.69) is 235 Å². The molecule has 0 N–H and O–H groups in total. The normalized spacial score (nSPS) is 15.3. The molecule has 0 atom stereocenters. The van der Waals surface area contributed by atoms with Crippen LogP contribution in [0.5, 0.6) is 0 Å². The fourth-order valence-corrected chi connectivity index (χ4v) is 14.2. The zero-order valence-corrected chi connectivity index (χ0v) is 42.5. The van der Waals surface area contributed by atoms with Crippen molar-refractivity contribution in [3.8, 4) is 44.5 Å².